The number of amides is 2. The summed E-state index contributed by atoms with van der Waals surface area (Å²) < 4.78 is 0. The van der Waals surface area contributed by atoms with Gasteiger partial charge in [0.1, 0.15) is 6.04 Å². The Morgan fingerprint density at radius 3 is 2.32 bits per heavy atom. The number of carbonyl (C=O) groups excluding carboxylic acids is 1. The van der Waals surface area contributed by atoms with Crippen LogP contribution < -0.4 is 10.6 Å². The van der Waals surface area contributed by atoms with Gasteiger partial charge >= 0.3 is 12.0 Å². The van der Waals surface area contributed by atoms with E-state index < -0.39 is 18.0 Å². The molecule has 0 spiro atoms. The molecule has 1 atom stereocenters. The Labute approximate surface area is 114 Å². The molecule has 0 bridgehead atoms. The van der Waals surface area contributed by atoms with E-state index in [2.05, 4.69) is 17.6 Å². The second-order valence-corrected chi connectivity index (χ2v) is 4.57. The van der Waals surface area contributed by atoms with E-state index in [1.54, 1.807) is 0 Å². The van der Waals surface area contributed by atoms with Crippen LogP contribution in [0.4, 0.5) is 4.79 Å². The third kappa shape index (κ3) is 10.3. The van der Waals surface area contributed by atoms with Gasteiger partial charge in [-0.25, -0.2) is 9.59 Å². The van der Waals surface area contributed by atoms with Crippen LogP contribution in [0.2, 0.25) is 0 Å². The molecular weight excluding hydrogens is 248 g/mol. The van der Waals surface area contributed by atoms with Crippen molar-refractivity contribution in [1.29, 1.82) is 0 Å². The first-order chi connectivity index (χ1) is 9.11. The van der Waals surface area contributed by atoms with Gasteiger partial charge in [0.25, 0.3) is 0 Å². The molecule has 6 heteroatoms. The topological polar surface area (TPSA) is 98.7 Å². The van der Waals surface area contributed by atoms with E-state index in [0.29, 0.717) is 6.54 Å². The van der Waals surface area contributed by atoms with Crippen molar-refractivity contribution in [2.24, 2.45) is 0 Å². The molecule has 0 aliphatic rings. The lowest BCUT2D eigenvalue weighted by molar-refractivity contribution is -0.139. The number of carboxylic acid groups (broad SMARTS) is 1. The third-order valence-corrected chi connectivity index (χ3v) is 2.84. The van der Waals surface area contributed by atoms with Gasteiger partial charge in [-0.2, -0.15) is 0 Å². The Hall–Kier alpha value is -1.30. The number of aliphatic carboxylic acids is 1. The summed E-state index contributed by atoms with van der Waals surface area (Å²) in [5, 5.41) is 22.4. The second kappa shape index (κ2) is 11.8. The van der Waals surface area contributed by atoms with Gasteiger partial charge in [-0.15, -0.1) is 0 Å². The highest BCUT2D eigenvalue weighted by Gasteiger charge is 2.18. The predicted molar refractivity (Wildman–Crippen MR) is 73.0 cm³/mol. The van der Waals surface area contributed by atoms with Crippen molar-refractivity contribution in [2.75, 3.05) is 13.2 Å². The number of hydrogen-bond donors (Lipinski definition) is 4. The Bertz CT molecular complexity index is 259. The zero-order valence-electron chi connectivity index (χ0n) is 11.7. The van der Waals surface area contributed by atoms with Gasteiger partial charge in [-0.3, -0.25) is 0 Å². The van der Waals surface area contributed by atoms with Crippen LogP contribution in [-0.2, 0) is 4.79 Å². The number of unbranched alkanes of at least 4 members (excludes halogenated alkanes) is 5. The lowest BCUT2D eigenvalue weighted by atomic mass is 10.1. The smallest absolute Gasteiger partial charge is 0.326 e. The minimum Gasteiger partial charge on any atom is -0.480 e. The third-order valence-electron chi connectivity index (χ3n) is 2.84. The number of hydrogen-bond acceptors (Lipinski definition) is 3. The van der Waals surface area contributed by atoms with Crippen LogP contribution in [0.1, 0.15) is 51.9 Å². The van der Waals surface area contributed by atoms with Gasteiger partial charge in [0.2, 0.25) is 0 Å². The molecule has 0 aromatic heterocycles. The molecule has 0 aliphatic carbocycles. The summed E-state index contributed by atoms with van der Waals surface area (Å²) in [5.41, 5.74) is 0. The largest absolute Gasteiger partial charge is 0.480 e. The Morgan fingerprint density at radius 1 is 1.11 bits per heavy atom. The molecule has 0 unspecified atom stereocenters. The SMILES string of the molecule is CCCCCCCCNC(=O)N[C@@H](CCO)C(=O)O. The van der Waals surface area contributed by atoms with Gasteiger partial charge in [0.15, 0.2) is 0 Å². The molecule has 0 fully saturated rings. The second-order valence-electron chi connectivity index (χ2n) is 4.57. The van der Waals surface area contributed by atoms with Crippen molar-refractivity contribution in [2.45, 2.75) is 57.9 Å². The fourth-order valence-corrected chi connectivity index (χ4v) is 1.70. The number of urea groups is 1. The molecule has 0 aromatic rings. The number of rotatable bonds is 11. The molecule has 0 saturated carbocycles. The van der Waals surface area contributed by atoms with Crippen molar-refractivity contribution in [1.82, 2.24) is 10.6 Å². The number of carbonyl (C=O) groups is 2. The first-order valence-electron chi connectivity index (χ1n) is 6.99. The molecule has 0 rings (SSSR count). The van der Waals surface area contributed by atoms with E-state index in [1.807, 2.05) is 0 Å². The van der Waals surface area contributed by atoms with Crippen LogP contribution >= 0.6 is 0 Å². The average Bonchev–Trinajstić information content (AvgIpc) is 2.37. The van der Waals surface area contributed by atoms with Crippen LogP contribution in [0.5, 0.6) is 0 Å². The van der Waals surface area contributed by atoms with E-state index in [4.69, 9.17) is 10.2 Å². The van der Waals surface area contributed by atoms with E-state index in [0.717, 1.165) is 12.8 Å². The number of carboxylic acids is 1. The van der Waals surface area contributed by atoms with Gasteiger partial charge < -0.3 is 20.8 Å². The molecule has 0 aliphatic heterocycles. The number of nitrogens with one attached hydrogen (secondary N) is 2. The molecule has 6 nitrogen and oxygen atoms in total. The summed E-state index contributed by atoms with van der Waals surface area (Å²) >= 11 is 0. The predicted octanol–water partition coefficient (Wildman–Crippen LogP) is 1.48. The summed E-state index contributed by atoms with van der Waals surface area (Å²) in [5.74, 6) is -1.14. The average molecular weight is 274 g/mol. The number of aliphatic hydroxyl groups excluding tert-OH is 1. The maximum Gasteiger partial charge on any atom is 0.326 e. The summed E-state index contributed by atoms with van der Waals surface area (Å²) in [6, 6.07) is -1.52. The Kier molecular flexibility index (Phi) is 11.0. The Morgan fingerprint density at radius 2 is 1.74 bits per heavy atom. The molecular formula is C13H26N2O4. The monoisotopic (exact) mass is 274 g/mol. The lowest BCUT2D eigenvalue weighted by Gasteiger charge is -2.13. The zero-order valence-corrected chi connectivity index (χ0v) is 11.7. The van der Waals surface area contributed by atoms with E-state index in [-0.39, 0.29) is 13.0 Å². The van der Waals surface area contributed by atoms with Gasteiger partial charge in [-0.1, -0.05) is 39.0 Å². The normalized spacial score (nSPS) is 11.9. The Balaban J connectivity index is 3.60. The zero-order chi connectivity index (χ0) is 14.5. The van der Waals surface area contributed by atoms with E-state index >= 15 is 0 Å². The lowest BCUT2D eigenvalue weighted by Crippen LogP contribution is -2.46. The molecule has 2 amide bonds. The highest BCUT2D eigenvalue weighted by Crippen LogP contribution is 2.03. The first kappa shape index (κ1) is 17.7. The fourth-order valence-electron chi connectivity index (χ4n) is 1.70. The maximum atomic E-state index is 11.4. The highest BCUT2D eigenvalue weighted by molar-refractivity contribution is 5.82. The molecule has 0 saturated heterocycles. The van der Waals surface area contributed by atoms with Crippen LogP contribution in [-0.4, -0.2) is 41.4 Å². The van der Waals surface area contributed by atoms with E-state index in [9.17, 15) is 9.59 Å². The standard InChI is InChI=1S/C13H26N2O4/c1-2-3-4-5-6-7-9-14-13(19)15-11(8-10-16)12(17)18/h11,16H,2-10H2,1H3,(H,17,18)(H2,14,15,19)/t11-/m0/s1. The molecule has 112 valence electrons. The van der Waals surface area contributed by atoms with E-state index in [1.165, 1.54) is 25.7 Å². The summed E-state index contributed by atoms with van der Waals surface area (Å²) in [7, 11) is 0. The van der Waals surface area contributed by atoms with Gasteiger partial charge in [0.05, 0.1) is 0 Å². The maximum absolute atomic E-state index is 11.4. The summed E-state index contributed by atoms with van der Waals surface area (Å²) in [6.07, 6.45) is 6.82. The minimum absolute atomic E-state index is 0.0137. The van der Waals surface area contributed by atoms with Crippen LogP contribution in [0.25, 0.3) is 0 Å². The molecule has 0 aromatic carbocycles. The number of aliphatic hydroxyl groups is 1. The van der Waals surface area contributed by atoms with Gasteiger partial charge in [0, 0.05) is 19.6 Å². The molecule has 0 radical (unpaired) electrons. The van der Waals surface area contributed by atoms with Crippen molar-refractivity contribution in [3.63, 3.8) is 0 Å². The molecule has 4 N–H and O–H groups in total. The minimum atomic E-state index is -1.14. The van der Waals surface area contributed by atoms with Crippen molar-refractivity contribution in [3.05, 3.63) is 0 Å². The highest BCUT2D eigenvalue weighted by atomic mass is 16.4. The quantitative estimate of drug-likeness (QED) is 0.429. The van der Waals surface area contributed by atoms with Crippen molar-refractivity contribution >= 4 is 12.0 Å². The molecule has 0 heterocycles. The fraction of sp³-hybridized carbons (Fsp3) is 0.846. The van der Waals surface area contributed by atoms with Gasteiger partial charge in [-0.05, 0) is 6.42 Å². The van der Waals surface area contributed by atoms with Crippen LogP contribution in [0.15, 0.2) is 0 Å². The first-order valence-corrected chi connectivity index (χ1v) is 6.99. The summed E-state index contributed by atoms with van der Waals surface area (Å²) in [6.45, 7) is 2.44. The summed E-state index contributed by atoms with van der Waals surface area (Å²) in [4.78, 5) is 22.1. The van der Waals surface area contributed by atoms with Crippen molar-refractivity contribution < 1.29 is 19.8 Å². The molecule has 19 heavy (non-hydrogen) atoms. The van der Waals surface area contributed by atoms with Crippen molar-refractivity contribution in [3.8, 4) is 0 Å². The van der Waals surface area contributed by atoms with Crippen LogP contribution in [0, 0.1) is 0 Å². The van der Waals surface area contributed by atoms with Crippen LogP contribution in [0.3, 0.4) is 0 Å².